The number of hydrogen-bond donors (Lipinski definition) is 0. The molecule has 0 radical (unpaired) electrons. The van der Waals surface area contributed by atoms with E-state index in [1.165, 1.54) is 0 Å². The highest BCUT2D eigenvalue weighted by Crippen LogP contribution is 2.48. The van der Waals surface area contributed by atoms with Crippen molar-refractivity contribution in [2.75, 3.05) is 20.0 Å². The monoisotopic (exact) mass is 553 g/mol. The van der Waals surface area contributed by atoms with Gasteiger partial charge in [0.15, 0.2) is 5.75 Å². The highest BCUT2D eigenvalue weighted by Gasteiger charge is 2.32. The highest BCUT2D eigenvalue weighted by molar-refractivity contribution is 5.89. The molecule has 1 aliphatic rings. The quantitative estimate of drug-likeness (QED) is 0.0873. The van der Waals surface area contributed by atoms with E-state index in [0.717, 1.165) is 16.3 Å². The summed E-state index contributed by atoms with van der Waals surface area (Å²) in [5.41, 5.74) is 1.53. The largest absolute Gasteiger partial charge is 0.477 e. The molecular formula is C31H27N3O7. The van der Waals surface area contributed by atoms with Crippen molar-refractivity contribution in [2.45, 2.75) is 32.6 Å². The Morgan fingerprint density at radius 2 is 1.88 bits per heavy atom. The maximum absolute atomic E-state index is 12.2. The van der Waals surface area contributed by atoms with Gasteiger partial charge in [-0.05, 0) is 61.2 Å². The van der Waals surface area contributed by atoms with Gasteiger partial charge in [-0.15, -0.1) is 0 Å². The molecule has 5 rings (SSSR count). The number of ether oxygens (including phenoxy) is 4. The second-order valence-electron chi connectivity index (χ2n) is 9.33. The van der Waals surface area contributed by atoms with Crippen LogP contribution in [0.15, 0.2) is 60.7 Å². The standard InChI is InChI=1S/C31H27N3O7/c1-2-38-28(35)10-4-3-7-15-39-31-25(18-32)24(23-13-14-27-30(41-19-40-27)29(23)34(36)37)17-26(33-31)22-12-11-20-8-5-6-9-21(20)16-22/h5-6,8-9,11-14,16-17H,2-4,7,10,15,19H2,1H3. The van der Waals surface area contributed by atoms with Gasteiger partial charge in [0.1, 0.15) is 11.6 Å². The molecular weight excluding hydrogens is 526 g/mol. The van der Waals surface area contributed by atoms with E-state index < -0.39 is 4.92 Å². The third-order valence-corrected chi connectivity index (χ3v) is 6.70. The van der Waals surface area contributed by atoms with Gasteiger partial charge in [-0.3, -0.25) is 14.9 Å². The van der Waals surface area contributed by atoms with Crippen LogP contribution in [0.5, 0.6) is 17.4 Å². The topological polar surface area (TPSA) is 134 Å². The molecule has 0 atom stereocenters. The Balaban J connectivity index is 1.54. The number of rotatable bonds is 11. The van der Waals surface area contributed by atoms with Crippen molar-refractivity contribution in [1.29, 1.82) is 5.26 Å². The number of aromatic nitrogens is 1. The van der Waals surface area contributed by atoms with Crippen LogP contribution in [0.4, 0.5) is 5.69 Å². The van der Waals surface area contributed by atoms with E-state index in [1.807, 2.05) is 42.5 Å². The number of nitro groups is 1. The molecule has 208 valence electrons. The van der Waals surface area contributed by atoms with Crippen LogP contribution in [0.1, 0.15) is 38.2 Å². The predicted octanol–water partition coefficient (Wildman–Crippen LogP) is 6.58. The first-order valence-corrected chi connectivity index (χ1v) is 13.3. The number of carbonyl (C=O) groups is 1. The van der Waals surface area contributed by atoms with E-state index in [9.17, 15) is 20.2 Å². The molecule has 0 amide bonds. The summed E-state index contributed by atoms with van der Waals surface area (Å²) in [6.07, 6.45) is 2.30. The summed E-state index contributed by atoms with van der Waals surface area (Å²) in [5, 5.41) is 24.4. The maximum Gasteiger partial charge on any atom is 0.322 e. The Kier molecular flexibility index (Phi) is 8.25. The predicted molar refractivity (Wildman–Crippen MR) is 151 cm³/mol. The minimum absolute atomic E-state index is 0.0181. The molecule has 1 aliphatic heterocycles. The molecule has 0 N–H and O–H groups in total. The number of carbonyl (C=O) groups excluding carboxylic acids is 1. The second-order valence-corrected chi connectivity index (χ2v) is 9.33. The number of benzene rings is 3. The first kappa shape index (κ1) is 27.4. The lowest BCUT2D eigenvalue weighted by atomic mass is 9.96. The van der Waals surface area contributed by atoms with Gasteiger partial charge >= 0.3 is 11.7 Å². The van der Waals surface area contributed by atoms with Gasteiger partial charge in [0.25, 0.3) is 0 Å². The number of esters is 1. The first-order chi connectivity index (χ1) is 20.0. The lowest BCUT2D eigenvalue weighted by Crippen LogP contribution is -2.06. The average molecular weight is 554 g/mol. The average Bonchev–Trinajstić information content (AvgIpc) is 3.46. The summed E-state index contributed by atoms with van der Waals surface area (Å²) in [5.74, 6) is 0.122. The van der Waals surface area contributed by atoms with Crippen LogP contribution in [0.25, 0.3) is 33.2 Å². The van der Waals surface area contributed by atoms with Crippen molar-refractivity contribution < 1.29 is 28.7 Å². The number of pyridine rings is 1. The number of nitro benzene ring substituents is 1. The zero-order valence-corrected chi connectivity index (χ0v) is 22.4. The minimum atomic E-state index is -0.537. The van der Waals surface area contributed by atoms with Gasteiger partial charge < -0.3 is 18.9 Å². The van der Waals surface area contributed by atoms with Gasteiger partial charge in [-0.2, -0.15) is 5.26 Å². The fourth-order valence-corrected chi connectivity index (χ4v) is 4.75. The van der Waals surface area contributed by atoms with Gasteiger partial charge in [-0.1, -0.05) is 36.4 Å². The van der Waals surface area contributed by atoms with Crippen LogP contribution < -0.4 is 14.2 Å². The van der Waals surface area contributed by atoms with Crippen LogP contribution in [-0.2, 0) is 9.53 Å². The van der Waals surface area contributed by atoms with Crippen LogP contribution in [0.3, 0.4) is 0 Å². The lowest BCUT2D eigenvalue weighted by Gasteiger charge is -2.14. The Labute approximate surface area is 236 Å². The Hall–Kier alpha value is -5.17. The number of hydrogen-bond acceptors (Lipinski definition) is 9. The number of nitrogens with zero attached hydrogens (tertiary/aromatic N) is 3. The molecule has 10 heteroatoms. The van der Waals surface area contributed by atoms with Gasteiger partial charge in [-0.25, -0.2) is 4.98 Å². The van der Waals surface area contributed by atoms with Gasteiger partial charge in [0.2, 0.25) is 18.4 Å². The molecule has 0 fully saturated rings. The van der Waals surface area contributed by atoms with E-state index in [2.05, 4.69) is 11.1 Å². The summed E-state index contributed by atoms with van der Waals surface area (Å²) in [6, 6.07) is 20.7. The van der Waals surface area contributed by atoms with Crippen molar-refractivity contribution in [3.05, 3.63) is 76.3 Å². The molecule has 41 heavy (non-hydrogen) atoms. The lowest BCUT2D eigenvalue weighted by molar-refractivity contribution is -0.385. The first-order valence-electron chi connectivity index (χ1n) is 13.3. The summed E-state index contributed by atoms with van der Waals surface area (Å²) in [6.45, 7) is 2.23. The van der Waals surface area contributed by atoms with Crippen molar-refractivity contribution in [1.82, 2.24) is 4.98 Å². The van der Waals surface area contributed by atoms with Crippen molar-refractivity contribution >= 4 is 22.4 Å². The molecule has 0 bridgehead atoms. The summed E-state index contributed by atoms with van der Waals surface area (Å²) < 4.78 is 21.7. The van der Waals surface area contributed by atoms with Crippen LogP contribution >= 0.6 is 0 Å². The molecule has 0 unspecified atom stereocenters. The van der Waals surface area contributed by atoms with Crippen molar-refractivity contribution in [2.24, 2.45) is 0 Å². The third kappa shape index (κ3) is 5.89. The fourth-order valence-electron chi connectivity index (χ4n) is 4.75. The highest BCUT2D eigenvalue weighted by atomic mass is 16.7. The molecule has 0 aliphatic carbocycles. The zero-order chi connectivity index (χ0) is 28.8. The molecule has 3 aromatic carbocycles. The van der Waals surface area contributed by atoms with Gasteiger partial charge in [0.05, 0.1) is 29.4 Å². The normalized spacial score (nSPS) is 11.7. The van der Waals surface area contributed by atoms with Crippen molar-refractivity contribution in [3.63, 3.8) is 0 Å². The minimum Gasteiger partial charge on any atom is -0.477 e. The summed E-state index contributed by atoms with van der Waals surface area (Å²) in [4.78, 5) is 27.9. The molecule has 1 aromatic heterocycles. The molecule has 0 spiro atoms. The summed E-state index contributed by atoms with van der Waals surface area (Å²) in [7, 11) is 0. The van der Waals surface area contributed by atoms with E-state index in [1.54, 1.807) is 25.1 Å². The summed E-state index contributed by atoms with van der Waals surface area (Å²) >= 11 is 0. The van der Waals surface area contributed by atoms with Crippen LogP contribution in [0.2, 0.25) is 0 Å². The molecule has 4 aromatic rings. The molecule has 10 nitrogen and oxygen atoms in total. The van der Waals surface area contributed by atoms with Crippen LogP contribution in [0, 0.1) is 21.4 Å². The molecule has 0 saturated heterocycles. The van der Waals surface area contributed by atoms with Crippen molar-refractivity contribution in [3.8, 4) is 45.8 Å². The number of fused-ring (bicyclic) bond motifs is 2. The maximum atomic E-state index is 12.2. The van der Waals surface area contributed by atoms with E-state index in [-0.39, 0.29) is 53.6 Å². The number of nitriles is 1. The third-order valence-electron chi connectivity index (χ3n) is 6.70. The Morgan fingerprint density at radius 1 is 1.05 bits per heavy atom. The zero-order valence-electron chi connectivity index (χ0n) is 22.4. The Bertz CT molecular complexity index is 1660. The second kappa shape index (κ2) is 12.3. The van der Waals surface area contributed by atoms with E-state index in [0.29, 0.717) is 43.5 Å². The smallest absolute Gasteiger partial charge is 0.322 e. The SMILES string of the molecule is CCOC(=O)CCCCCOc1nc(-c2ccc3ccccc3c2)cc(-c2ccc3c(c2[N+](=O)[O-])OCO3)c1C#N. The molecule has 0 saturated carbocycles. The molecule has 2 heterocycles. The van der Waals surface area contributed by atoms with E-state index >= 15 is 0 Å². The van der Waals surface area contributed by atoms with E-state index in [4.69, 9.17) is 18.9 Å². The Morgan fingerprint density at radius 3 is 2.66 bits per heavy atom. The van der Waals surface area contributed by atoms with Crippen LogP contribution in [-0.4, -0.2) is 35.9 Å². The number of unbranched alkanes of at least 4 members (excludes halogenated alkanes) is 2. The van der Waals surface area contributed by atoms with Gasteiger partial charge in [0, 0.05) is 17.5 Å². The fraction of sp³-hybridized carbons (Fsp3) is 0.258.